The van der Waals surface area contributed by atoms with Crippen molar-refractivity contribution in [1.82, 2.24) is 5.32 Å². The number of ether oxygens (including phenoxy) is 3. The number of rotatable bonds is 8. The van der Waals surface area contributed by atoms with Crippen molar-refractivity contribution in [2.45, 2.75) is 39.2 Å². The lowest BCUT2D eigenvalue weighted by molar-refractivity contribution is -0.129. The Bertz CT molecular complexity index is 484. The van der Waals surface area contributed by atoms with Gasteiger partial charge in [0.1, 0.15) is 6.10 Å². The smallest absolute Gasteiger partial charge is 0.249 e. The average molecular weight is 307 g/mol. The summed E-state index contributed by atoms with van der Waals surface area (Å²) in [6.07, 6.45) is 2.28. The molecule has 0 saturated carbocycles. The molecule has 122 valence electrons. The van der Waals surface area contributed by atoms with Crippen LogP contribution in [0.3, 0.4) is 0 Å². The second kappa shape index (κ2) is 8.63. The lowest BCUT2D eigenvalue weighted by atomic mass is 10.1. The van der Waals surface area contributed by atoms with Crippen LogP contribution in [-0.2, 0) is 16.0 Å². The van der Waals surface area contributed by atoms with Crippen LogP contribution >= 0.6 is 0 Å². The Morgan fingerprint density at radius 1 is 1.27 bits per heavy atom. The van der Waals surface area contributed by atoms with Crippen molar-refractivity contribution in [3.63, 3.8) is 0 Å². The largest absolute Gasteiger partial charge is 0.490 e. The topological polar surface area (TPSA) is 56.8 Å². The fraction of sp³-hybridized carbons (Fsp3) is 0.588. The van der Waals surface area contributed by atoms with E-state index in [-0.39, 0.29) is 12.0 Å². The molecule has 0 spiro atoms. The van der Waals surface area contributed by atoms with Gasteiger partial charge in [-0.05, 0) is 50.8 Å². The van der Waals surface area contributed by atoms with E-state index in [1.165, 1.54) is 0 Å². The monoisotopic (exact) mass is 307 g/mol. The number of carbonyl (C=O) groups excluding carboxylic acids is 1. The van der Waals surface area contributed by atoms with Crippen LogP contribution in [0.4, 0.5) is 0 Å². The van der Waals surface area contributed by atoms with Crippen LogP contribution in [-0.4, -0.2) is 38.4 Å². The highest BCUT2D eigenvalue weighted by molar-refractivity contribution is 5.80. The predicted octanol–water partition coefficient (Wildman–Crippen LogP) is 2.32. The molecule has 1 heterocycles. The van der Waals surface area contributed by atoms with E-state index >= 15 is 0 Å². The van der Waals surface area contributed by atoms with Crippen molar-refractivity contribution in [2.75, 3.05) is 26.4 Å². The second-order valence-electron chi connectivity index (χ2n) is 5.19. The van der Waals surface area contributed by atoms with Crippen molar-refractivity contribution >= 4 is 5.91 Å². The summed E-state index contributed by atoms with van der Waals surface area (Å²) in [5.74, 6) is 1.51. The van der Waals surface area contributed by atoms with Gasteiger partial charge in [-0.2, -0.15) is 0 Å². The van der Waals surface area contributed by atoms with Gasteiger partial charge >= 0.3 is 0 Å². The summed E-state index contributed by atoms with van der Waals surface area (Å²) in [5.41, 5.74) is 1.11. The zero-order valence-electron chi connectivity index (χ0n) is 13.4. The van der Waals surface area contributed by atoms with Crippen molar-refractivity contribution < 1.29 is 19.0 Å². The molecule has 1 saturated heterocycles. The Labute approximate surface area is 131 Å². The van der Waals surface area contributed by atoms with Gasteiger partial charge in [-0.25, -0.2) is 0 Å². The molecule has 5 heteroatoms. The minimum atomic E-state index is -0.265. The highest BCUT2D eigenvalue weighted by atomic mass is 16.5. The first-order valence-electron chi connectivity index (χ1n) is 8.02. The molecule has 0 unspecified atom stereocenters. The summed E-state index contributed by atoms with van der Waals surface area (Å²) in [6.45, 7) is 6.39. The molecule has 1 N–H and O–H groups in total. The van der Waals surface area contributed by atoms with Gasteiger partial charge in [0.05, 0.1) is 13.2 Å². The first-order valence-corrected chi connectivity index (χ1v) is 8.02. The predicted molar refractivity (Wildman–Crippen MR) is 84.5 cm³/mol. The standard InChI is InChI=1S/C17H25NO4/c1-3-20-14-8-7-13(12-16(14)21-4-2)9-10-18-17(19)15-6-5-11-22-15/h7-8,12,15H,3-6,9-11H2,1-2H3,(H,18,19)/t15-/m1/s1. The summed E-state index contributed by atoms with van der Waals surface area (Å²) in [4.78, 5) is 11.9. The van der Waals surface area contributed by atoms with E-state index in [0.29, 0.717) is 26.4 Å². The molecule has 1 atom stereocenters. The molecule has 1 aromatic carbocycles. The molecule has 1 aliphatic rings. The van der Waals surface area contributed by atoms with Crippen molar-refractivity contribution in [1.29, 1.82) is 0 Å². The van der Waals surface area contributed by atoms with Crippen LogP contribution in [0.5, 0.6) is 11.5 Å². The molecule has 0 aromatic heterocycles. The van der Waals surface area contributed by atoms with Gasteiger partial charge in [-0.1, -0.05) is 6.07 Å². The molecule has 0 aliphatic carbocycles. The minimum absolute atomic E-state index is 0.00605. The molecule has 5 nitrogen and oxygen atoms in total. The summed E-state index contributed by atoms with van der Waals surface area (Å²) in [7, 11) is 0. The molecule has 2 rings (SSSR count). The molecule has 1 aromatic rings. The third kappa shape index (κ3) is 4.63. The highest BCUT2D eigenvalue weighted by Gasteiger charge is 2.22. The number of hydrogen-bond acceptors (Lipinski definition) is 4. The molecule has 1 amide bonds. The lowest BCUT2D eigenvalue weighted by Gasteiger charge is -2.13. The lowest BCUT2D eigenvalue weighted by Crippen LogP contribution is -2.35. The maximum atomic E-state index is 11.9. The van der Waals surface area contributed by atoms with Crippen LogP contribution in [0.1, 0.15) is 32.3 Å². The maximum Gasteiger partial charge on any atom is 0.249 e. The van der Waals surface area contributed by atoms with E-state index < -0.39 is 0 Å². The Balaban J connectivity index is 1.86. The number of amides is 1. The van der Waals surface area contributed by atoms with Gasteiger partial charge in [-0.15, -0.1) is 0 Å². The van der Waals surface area contributed by atoms with E-state index in [2.05, 4.69) is 5.32 Å². The Kier molecular flexibility index (Phi) is 6.52. The van der Waals surface area contributed by atoms with Crippen molar-refractivity contribution in [3.05, 3.63) is 23.8 Å². The van der Waals surface area contributed by atoms with Gasteiger partial charge < -0.3 is 19.5 Å². The van der Waals surface area contributed by atoms with Crippen LogP contribution in [0.25, 0.3) is 0 Å². The van der Waals surface area contributed by atoms with Gasteiger partial charge in [0.2, 0.25) is 5.91 Å². The van der Waals surface area contributed by atoms with Crippen molar-refractivity contribution in [3.8, 4) is 11.5 Å². The third-order valence-electron chi connectivity index (χ3n) is 3.54. The normalized spacial score (nSPS) is 17.3. The van der Waals surface area contributed by atoms with Crippen LogP contribution in [0.15, 0.2) is 18.2 Å². The zero-order chi connectivity index (χ0) is 15.8. The summed E-state index contributed by atoms with van der Waals surface area (Å²) in [5, 5.41) is 2.93. The number of nitrogens with one attached hydrogen (secondary N) is 1. The third-order valence-corrected chi connectivity index (χ3v) is 3.54. The fourth-order valence-corrected chi connectivity index (χ4v) is 2.48. The Hall–Kier alpha value is -1.75. The van der Waals surface area contributed by atoms with E-state index in [4.69, 9.17) is 14.2 Å². The molecule has 0 radical (unpaired) electrons. The van der Waals surface area contributed by atoms with E-state index in [0.717, 1.165) is 36.3 Å². The SMILES string of the molecule is CCOc1ccc(CCNC(=O)[C@H]2CCCO2)cc1OCC. The highest BCUT2D eigenvalue weighted by Crippen LogP contribution is 2.28. The number of benzene rings is 1. The molecule has 0 bridgehead atoms. The summed E-state index contributed by atoms with van der Waals surface area (Å²) in [6, 6.07) is 5.91. The average Bonchev–Trinajstić information content (AvgIpc) is 3.04. The van der Waals surface area contributed by atoms with Crippen LogP contribution < -0.4 is 14.8 Å². The summed E-state index contributed by atoms with van der Waals surface area (Å²) >= 11 is 0. The minimum Gasteiger partial charge on any atom is -0.490 e. The molecule has 1 aliphatic heterocycles. The van der Waals surface area contributed by atoms with Crippen LogP contribution in [0, 0.1) is 0 Å². The fourth-order valence-electron chi connectivity index (χ4n) is 2.48. The van der Waals surface area contributed by atoms with E-state index in [1.807, 2.05) is 32.0 Å². The van der Waals surface area contributed by atoms with Gasteiger partial charge in [0.25, 0.3) is 0 Å². The second-order valence-corrected chi connectivity index (χ2v) is 5.19. The molecule has 1 fully saturated rings. The van der Waals surface area contributed by atoms with Gasteiger partial charge in [0, 0.05) is 13.2 Å². The molecular weight excluding hydrogens is 282 g/mol. The Morgan fingerprint density at radius 2 is 2.05 bits per heavy atom. The number of hydrogen-bond donors (Lipinski definition) is 1. The molecule has 22 heavy (non-hydrogen) atoms. The van der Waals surface area contributed by atoms with E-state index in [1.54, 1.807) is 0 Å². The molecular formula is C17H25NO4. The first kappa shape index (κ1) is 16.6. The number of carbonyl (C=O) groups is 1. The van der Waals surface area contributed by atoms with Crippen LogP contribution in [0.2, 0.25) is 0 Å². The Morgan fingerprint density at radius 3 is 2.73 bits per heavy atom. The quantitative estimate of drug-likeness (QED) is 0.801. The first-order chi connectivity index (χ1) is 10.7. The zero-order valence-corrected chi connectivity index (χ0v) is 13.4. The van der Waals surface area contributed by atoms with Crippen molar-refractivity contribution in [2.24, 2.45) is 0 Å². The summed E-state index contributed by atoms with van der Waals surface area (Å²) < 4.78 is 16.5. The van der Waals surface area contributed by atoms with Gasteiger partial charge in [0.15, 0.2) is 11.5 Å². The van der Waals surface area contributed by atoms with E-state index in [9.17, 15) is 4.79 Å². The maximum absolute atomic E-state index is 11.9. The van der Waals surface area contributed by atoms with Gasteiger partial charge in [-0.3, -0.25) is 4.79 Å².